The predicted molar refractivity (Wildman–Crippen MR) is 125 cm³/mol. The summed E-state index contributed by atoms with van der Waals surface area (Å²) in [5, 5.41) is 10.7. The molecule has 0 bridgehead atoms. The standard InChI is InChI=1S/C25H29N5O/c1-4-23-22-10-5-19(17-25(22)29(27-23)18(2)3)24-11-12-26-30(24)21-8-6-20(7-9-21)28-13-15-31-16-14-28/h5-12,17-18H,4,13-16H2,1-3H3. The molecule has 0 spiro atoms. The molecule has 1 aliphatic rings. The Kier molecular flexibility index (Phi) is 5.24. The van der Waals surface area contributed by atoms with E-state index in [0.29, 0.717) is 6.04 Å². The van der Waals surface area contributed by atoms with Crippen molar-refractivity contribution in [3.05, 3.63) is 60.4 Å². The second-order valence-electron chi connectivity index (χ2n) is 8.31. The highest BCUT2D eigenvalue weighted by molar-refractivity contribution is 5.86. The molecule has 0 aliphatic carbocycles. The quantitative estimate of drug-likeness (QED) is 0.467. The van der Waals surface area contributed by atoms with Gasteiger partial charge >= 0.3 is 0 Å². The first-order valence-corrected chi connectivity index (χ1v) is 11.1. The Hall–Kier alpha value is -3.12. The number of anilines is 1. The minimum absolute atomic E-state index is 0.315. The molecule has 31 heavy (non-hydrogen) atoms. The van der Waals surface area contributed by atoms with E-state index in [0.717, 1.165) is 55.4 Å². The van der Waals surface area contributed by atoms with Crippen LogP contribution in [0.15, 0.2) is 54.7 Å². The molecular formula is C25H29N5O. The molecular weight excluding hydrogens is 386 g/mol. The van der Waals surface area contributed by atoms with Crippen LogP contribution in [0, 0.1) is 0 Å². The number of hydrogen-bond acceptors (Lipinski definition) is 4. The molecule has 0 saturated carbocycles. The van der Waals surface area contributed by atoms with Crippen LogP contribution in [0.5, 0.6) is 0 Å². The lowest BCUT2D eigenvalue weighted by Gasteiger charge is -2.28. The first-order valence-electron chi connectivity index (χ1n) is 11.1. The van der Waals surface area contributed by atoms with Crippen molar-refractivity contribution in [1.29, 1.82) is 0 Å². The van der Waals surface area contributed by atoms with Gasteiger partial charge in [0.15, 0.2) is 0 Å². The second kappa shape index (κ2) is 8.19. The van der Waals surface area contributed by atoms with Crippen molar-refractivity contribution in [3.8, 4) is 16.9 Å². The molecule has 1 saturated heterocycles. The largest absolute Gasteiger partial charge is 0.378 e. The number of aryl methyl sites for hydroxylation is 1. The van der Waals surface area contributed by atoms with E-state index < -0.39 is 0 Å². The summed E-state index contributed by atoms with van der Waals surface area (Å²) >= 11 is 0. The fourth-order valence-corrected chi connectivity index (χ4v) is 4.37. The zero-order valence-electron chi connectivity index (χ0n) is 18.5. The minimum Gasteiger partial charge on any atom is -0.378 e. The maximum Gasteiger partial charge on any atom is 0.0741 e. The lowest BCUT2D eigenvalue weighted by molar-refractivity contribution is 0.122. The Labute approximate surface area is 183 Å². The zero-order chi connectivity index (χ0) is 21.4. The fraction of sp³-hybridized carbons (Fsp3) is 0.360. The van der Waals surface area contributed by atoms with Gasteiger partial charge in [-0.1, -0.05) is 19.1 Å². The number of fused-ring (bicyclic) bond motifs is 1. The number of rotatable bonds is 5. The topological polar surface area (TPSA) is 48.1 Å². The minimum atomic E-state index is 0.315. The van der Waals surface area contributed by atoms with E-state index in [2.05, 4.69) is 84.0 Å². The molecule has 3 heterocycles. The smallest absolute Gasteiger partial charge is 0.0741 e. The highest BCUT2D eigenvalue weighted by Gasteiger charge is 2.15. The number of aromatic nitrogens is 4. The molecule has 6 nitrogen and oxygen atoms in total. The summed E-state index contributed by atoms with van der Waals surface area (Å²) in [6.07, 6.45) is 2.80. The van der Waals surface area contributed by atoms with Crippen molar-refractivity contribution in [2.45, 2.75) is 33.2 Å². The van der Waals surface area contributed by atoms with Gasteiger partial charge < -0.3 is 9.64 Å². The van der Waals surface area contributed by atoms with E-state index >= 15 is 0 Å². The van der Waals surface area contributed by atoms with Gasteiger partial charge in [-0.2, -0.15) is 10.2 Å². The highest BCUT2D eigenvalue weighted by atomic mass is 16.5. The summed E-state index contributed by atoms with van der Waals surface area (Å²) in [5.41, 5.74) is 6.85. The Morgan fingerprint density at radius 3 is 2.42 bits per heavy atom. The van der Waals surface area contributed by atoms with Crippen LogP contribution in [0.4, 0.5) is 5.69 Å². The summed E-state index contributed by atoms with van der Waals surface area (Å²) in [7, 11) is 0. The molecule has 0 unspecified atom stereocenters. The number of benzene rings is 2. The van der Waals surface area contributed by atoms with Gasteiger partial charge in [0.2, 0.25) is 0 Å². The Bertz CT molecular complexity index is 1180. The molecule has 160 valence electrons. The number of morpholine rings is 1. The average molecular weight is 416 g/mol. The summed E-state index contributed by atoms with van der Waals surface area (Å²) in [5.74, 6) is 0. The van der Waals surface area contributed by atoms with Gasteiger partial charge in [0.05, 0.1) is 42.0 Å². The third kappa shape index (κ3) is 3.61. The van der Waals surface area contributed by atoms with Crippen LogP contribution in [0.25, 0.3) is 27.8 Å². The van der Waals surface area contributed by atoms with Crippen LogP contribution in [0.3, 0.4) is 0 Å². The van der Waals surface area contributed by atoms with E-state index in [1.807, 2.05) is 10.9 Å². The lowest BCUT2D eigenvalue weighted by atomic mass is 10.1. The maximum atomic E-state index is 5.47. The van der Waals surface area contributed by atoms with Crippen molar-refractivity contribution < 1.29 is 4.74 Å². The SMILES string of the molecule is CCc1nn(C(C)C)c2cc(-c3ccnn3-c3ccc(N4CCOCC4)cc3)ccc12. The van der Waals surface area contributed by atoms with Gasteiger partial charge in [-0.05, 0) is 56.7 Å². The lowest BCUT2D eigenvalue weighted by Crippen LogP contribution is -2.36. The predicted octanol–water partition coefficient (Wildman–Crippen LogP) is 4.87. The van der Waals surface area contributed by atoms with Gasteiger partial charge in [0, 0.05) is 35.8 Å². The molecule has 2 aromatic heterocycles. The Morgan fingerprint density at radius 1 is 0.968 bits per heavy atom. The van der Waals surface area contributed by atoms with E-state index in [1.54, 1.807) is 0 Å². The number of nitrogens with zero attached hydrogens (tertiary/aromatic N) is 5. The molecule has 0 atom stereocenters. The maximum absolute atomic E-state index is 5.47. The Balaban J connectivity index is 1.51. The normalized spacial score (nSPS) is 14.6. The molecule has 5 rings (SSSR count). The molecule has 2 aromatic carbocycles. The van der Waals surface area contributed by atoms with Gasteiger partial charge in [0.25, 0.3) is 0 Å². The van der Waals surface area contributed by atoms with Crippen molar-refractivity contribution in [3.63, 3.8) is 0 Å². The van der Waals surface area contributed by atoms with Gasteiger partial charge in [0.1, 0.15) is 0 Å². The molecule has 4 aromatic rings. The molecule has 1 fully saturated rings. The van der Waals surface area contributed by atoms with Crippen LogP contribution in [-0.4, -0.2) is 45.9 Å². The summed E-state index contributed by atoms with van der Waals surface area (Å²) < 4.78 is 9.62. The summed E-state index contributed by atoms with van der Waals surface area (Å²) in [4.78, 5) is 2.36. The fourth-order valence-electron chi connectivity index (χ4n) is 4.37. The molecule has 6 heteroatoms. The second-order valence-corrected chi connectivity index (χ2v) is 8.31. The summed E-state index contributed by atoms with van der Waals surface area (Å²) in [6, 6.07) is 17.7. The highest BCUT2D eigenvalue weighted by Crippen LogP contribution is 2.30. The van der Waals surface area contributed by atoms with Gasteiger partial charge in [-0.25, -0.2) is 4.68 Å². The third-order valence-corrected chi connectivity index (χ3v) is 6.02. The first kappa shape index (κ1) is 19.8. The molecule has 0 radical (unpaired) electrons. The number of ether oxygens (including phenoxy) is 1. The van der Waals surface area contributed by atoms with Crippen molar-refractivity contribution >= 4 is 16.6 Å². The van der Waals surface area contributed by atoms with Crippen molar-refractivity contribution in [2.75, 3.05) is 31.2 Å². The molecule has 1 aliphatic heterocycles. The van der Waals surface area contributed by atoms with Gasteiger partial charge in [-0.3, -0.25) is 4.68 Å². The average Bonchev–Trinajstić information content (AvgIpc) is 3.44. The van der Waals surface area contributed by atoms with Crippen LogP contribution in [0.1, 0.15) is 32.5 Å². The van der Waals surface area contributed by atoms with E-state index in [9.17, 15) is 0 Å². The van der Waals surface area contributed by atoms with Crippen molar-refractivity contribution in [2.24, 2.45) is 0 Å². The van der Waals surface area contributed by atoms with Crippen LogP contribution < -0.4 is 4.90 Å². The molecule has 0 amide bonds. The third-order valence-electron chi connectivity index (χ3n) is 6.02. The zero-order valence-corrected chi connectivity index (χ0v) is 18.5. The number of hydrogen-bond donors (Lipinski definition) is 0. The van der Waals surface area contributed by atoms with Crippen LogP contribution in [-0.2, 0) is 11.2 Å². The van der Waals surface area contributed by atoms with E-state index in [-0.39, 0.29) is 0 Å². The molecule has 0 N–H and O–H groups in total. The first-order chi connectivity index (χ1) is 15.2. The monoisotopic (exact) mass is 415 g/mol. The van der Waals surface area contributed by atoms with Gasteiger partial charge in [-0.15, -0.1) is 0 Å². The summed E-state index contributed by atoms with van der Waals surface area (Å²) in [6.45, 7) is 9.99. The van der Waals surface area contributed by atoms with Crippen LogP contribution >= 0.6 is 0 Å². The van der Waals surface area contributed by atoms with Crippen LogP contribution in [0.2, 0.25) is 0 Å². The van der Waals surface area contributed by atoms with Crippen molar-refractivity contribution in [1.82, 2.24) is 19.6 Å². The van der Waals surface area contributed by atoms with E-state index in [4.69, 9.17) is 9.84 Å². The Morgan fingerprint density at radius 2 is 1.71 bits per heavy atom. The van der Waals surface area contributed by atoms with E-state index in [1.165, 1.54) is 16.6 Å².